The predicted octanol–water partition coefficient (Wildman–Crippen LogP) is 5.42. The van der Waals surface area contributed by atoms with Crippen LogP contribution in [-0.4, -0.2) is 45.4 Å². The maximum absolute atomic E-state index is 12.7. The second kappa shape index (κ2) is 12.8. The van der Waals surface area contributed by atoms with Gasteiger partial charge in [-0.2, -0.15) is 0 Å². The Labute approximate surface area is 201 Å². The number of nitrogens with zero attached hydrogens (tertiary/aromatic N) is 1. The molecular formula is C28H33NO5. The third-order valence-corrected chi connectivity index (χ3v) is 5.60. The summed E-state index contributed by atoms with van der Waals surface area (Å²) in [6.45, 7) is 6.21. The number of carbonyl (C=O) groups excluding carboxylic acids is 2. The van der Waals surface area contributed by atoms with Gasteiger partial charge in [0.15, 0.2) is 0 Å². The van der Waals surface area contributed by atoms with Gasteiger partial charge in [-0.25, -0.2) is 4.79 Å². The van der Waals surface area contributed by atoms with Gasteiger partial charge in [-0.1, -0.05) is 37.6 Å². The van der Waals surface area contributed by atoms with Crippen LogP contribution in [0.15, 0.2) is 60.2 Å². The van der Waals surface area contributed by atoms with Crippen LogP contribution in [0.3, 0.4) is 0 Å². The third kappa shape index (κ3) is 6.58. The first-order valence-electron chi connectivity index (χ1n) is 11.8. The number of methoxy groups -OCH3 is 1. The lowest BCUT2D eigenvalue weighted by Crippen LogP contribution is -2.30. The number of carbonyl (C=O) groups is 2. The first-order chi connectivity index (χ1) is 16.6. The van der Waals surface area contributed by atoms with Crippen molar-refractivity contribution >= 4 is 23.6 Å². The molecule has 1 heterocycles. The fourth-order valence-electron chi connectivity index (χ4n) is 3.77. The molecule has 0 saturated carbocycles. The molecule has 0 aliphatic carbocycles. The number of rotatable bonds is 10. The lowest BCUT2D eigenvalue weighted by Gasteiger charge is -2.22. The first-order valence-corrected chi connectivity index (χ1v) is 11.8. The largest absolute Gasteiger partial charge is 0.491 e. The normalized spacial score (nSPS) is 13.3. The molecule has 0 spiro atoms. The van der Waals surface area contributed by atoms with E-state index in [1.807, 2.05) is 55.5 Å². The summed E-state index contributed by atoms with van der Waals surface area (Å²) in [4.78, 5) is 26.6. The summed E-state index contributed by atoms with van der Waals surface area (Å²) in [5, 5.41) is 0. The van der Waals surface area contributed by atoms with Crippen LogP contribution in [0.5, 0.6) is 5.75 Å². The highest BCUT2D eigenvalue weighted by molar-refractivity contribution is 6.05. The van der Waals surface area contributed by atoms with Crippen molar-refractivity contribution in [3.05, 3.63) is 65.8 Å². The molecule has 34 heavy (non-hydrogen) atoms. The van der Waals surface area contributed by atoms with Gasteiger partial charge in [0.2, 0.25) is 0 Å². The maximum Gasteiger partial charge on any atom is 0.333 e. The van der Waals surface area contributed by atoms with E-state index in [1.54, 1.807) is 11.0 Å². The molecule has 0 aromatic heterocycles. The van der Waals surface area contributed by atoms with E-state index < -0.39 is 0 Å². The fraction of sp³-hybridized carbons (Fsp3) is 0.357. The van der Waals surface area contributed by atoms with E-state index in [-0.39, 0.29) is 11.9 Å². The van der Waals surface area contributed by atoms with E-state index in [0.29, 0.717) is 31.8 Å². The van der Waals surface area contributed by atoms with Crippen molar-refractivity contribution in [1.82, 2.24) is 0 Å². The minimum atomic E-state index is -0.378. The van der Waals surface area contributed by atoms with Gasteiger partial charge in [-0.3, -0.25) is 4.79 Å². The number of hydrogen-bond acceptors (Lipinski definition) is 5. The minimum absolute atomic E-state index is 0.115. The van der Waals surface area contributed by atoms with Crippen molar-refractivity contribution in [1.29, 1.82) is 0 Å². The highest BCUT2D eigenvalue weighted by Gasteiger charge is 2.23. The van der Waals surface area contributed by atoms with Gasteiger partial charge in [0.1, 0.15) is 12.4 Å². The molecule has 0 unspecified atom stereocenters. The number of esters is 1. The van der Waals surface area contributed by atoms with Crippen LogP contribution < -0.4 is 9.64 Å². The second-order valence-electron chi connectivity index (χ2n) is 8.01. The van der Waals surface area contributed by atoms with Crippen LogP contribution in [0.25, 0.3) is 17.2 Å². The molecule has 6 heteroatoms. The number of ether oxygens (including phenoxy) is 3. The number of hydrogen-bond donors (Lipinski definition) is 0. The predicted molar refractivity (Wildman–Crippen MR) is 135 cm³/mol. The average Bonchev–Trinajstić information content (AvgIpc) is 3.05. The Hall–Kier alpha value is -3.38. The average molecular weight is 464 g/mol. The van der Waals surface area contributed by atoms with E-state index in [2.05, 4.69) is 6.92 Å². The van der Waals surface area contributed by atoms with E-state index in [1.165, 1.54) is 13.2 Å². The lowest BCUT2D eigenvalue weighted by atomic mass is 10.00. The van der Waals surface area contributed by atoms with Gasteiger partial charge < -0.3 is 19.1 Å². The van der Waals surface area contributed by atoms with Crippen molar-refractivity contribution in [2.75, 3.05) is 38.4 Å². The third-order valence-electron chi connectivity index (χ3n) is 5.60. The molecule has 180 valence electrons. The van der Waals surface area contributed by atoms with Gasteiger partial charge in [0.05, 0.1) is 19.4 Å². The van der Waals surface area contributed by atoms with E-state index >= 15 is 0 Å². The number of allylic oxidation sites excluding steroid dienone is 1. The van der Waals surface area contributed by atoms with Crippen molar-refractivity contribution in [3.63, 3.8) is 0 Å². The smallest absolute Gasteiger partial charge is 0.333 e. The standard InChI is InChI=1S/C28H33NO5/c1-4-6-16-33-17-18-34-25-11-8-21(9-12-25)22-10-13-26-24(19-22)20-23(28(31)32-3)14-15-29(26)27(30)7-5-2/h5,7-13,19-20H,4,6,14-18H2,1-3H3. The molecule has 0 fully saturated rings. The van der Waals surface area contributed by atoms with Crippen molar-refractivity contribution < 1.29 is 23.8 Å². The molecule has 1 aliphatic heterocycles. The summed E-state index contributed by atoms with van der Waals surface area (Å²) in [6, 6.07) is 13.8. The van der Waals surface area contributed by atoms with E-state index in [0.717, 1.165) is 47.6 Å². The number of fused-ring (bicyclic) bond motifs is 1. The van der Waals surface area contributed by atoms with Gasteiger partial charge in [0, 0.05) is 18.7 Å². The summed E-state index contributed by atoms with van der Waals surface area (Å²) in [7, 11) is 1.37. The van der Waals surface area contributed by atoms with E-state index in [4.69, 9.17) is 14.2 Å². The monoisotopic (exact) mass is 463 g/mol. The first kappa shape index (κ1) is 25.2. The molecule has 2 aromatic rings. The summed E-state index contributed by atoms with van der Waals surface area (Å²) in [5.74, 6) is 0.293. The summed E-state index contributed by atoms with van der Waals surface area (Å²) in [6.07, 6.45) is 7.69. The summed E-state index contributed by atoms with van der Waals surface area (Å²) < 4.78 is 16.2. The molecule has 2 aromatic carbocycles. The Balaban J connectivity index is 1.80. The molecule has 1 aliphatic rings. The molecule has 6 nitrogen and oxygen atoms in total. The summed E-state index contributed by atoms with van der Waals surface area (Å²) >= 11 is 0. The molecule has 0 atom stereocenters. The zero-order chi connectivity index (χ0) is 24.3. The molecule has 0 radical (unpaired) electrons. The number of amides is 1. The lowest BCUT2D eigenvalue weighted by molar-refractivity contribution is -0.136. The Kier molecular flexibility index (Phi) is 9.47. The molecule has 1 amide bonds. The zero-order valence-corrected chi connectivity index (χ0v) is 20.2. The van der Waals surface area contributed by atoms with Crippen LogP contribution in [0.2, 0.25) is 0 Å². The van der Waals surface area contributed by atoms with Crippen LogP contribution >= 0.6 is 0 Å². The Bertz CT molecular complexity index is 1040. The highest BCUT2D eigenvalue weighted by atomic mass is 16.5. The Morgan fingerprint density at radius 3 is 2.50 bits per heavy atom. The quantitative estimate of drug-likeness (QED) is 0.267. The van der Waals surface area contributed by atoms with Crippen LogP contribution in [0.4, 0.5) is 5.69 Å². The fourth-order valence-corrected chi connectivity index (χ4v) is 3.77. The molecule has 0 bridgehead atoms. The minimum Gasteiger partial charge on any atom is -0.491 e. The molecule has 0 saturated heterocycles. The number of benzene rings is 2. The van der Waals surface area contributed by atoms with Crippen molar-refractivity contribution in [2.24, 2.45) is 0 Å². The topological polar surface area (TPSA) is 65.1 Å². The van der Waals surface area contributed by atoms with Crippen molar-refractivity contribution in [3.8, 4) is 16.9 Å². The van der Waals surface area contributed by atoms with Crippen LogP contribution in [-0.2, 0) is 19.1 Å². The van der Waals surface area contributed by atoms with Gasteiger partial charge >= 0.3 is 5.97 Å². The van der Waals surface area contributed by atoms with E-state index in [9.17, 15) is 9.59 Å². The molecule has 0 N–H and O–H groups in total. The zero-order valence-electron chi connectivity index (χ0n) is 20.2. The SMILES string of the molecule is CC=CC(=O)N1CCC(C(=O)OC)=Cc2cc(-c3ccc(OCCOCCCC)cc3)ccc21. The second-order valence-corrected chi connectivity index (χ2v) is 8.01. The Morgan fingerprint density at radius 1 is 1.03 bits per heavy atom. The molecular weight excluding hydrogens is 430 g/mol. The molecule has 3 rings (SSSR count). The Morgan fingerprint density at radius 2 is 1.79 bits per heavy atom. The number of unbranched alkanes of at least 4 members (excludes halogenated alkanes) is 1. The van der Waals surface area contributed by atoms with Gasteiger partial charge in [0.25, 0.3) is 5.91 Å². The van der Waals surface area contributed by atoms with Gasteiger partial charge in [-0.05, 0) is 72.9 Å². The van der Waals surface area contributed by atoms with Crippen molar-refractivity contribution in [2.45, 2.75) is 33.1 Å². The maximum atomic E-state index is 12.7. The van der Waals surface area contributed by atoms with Crippen LogP contribution in [0.1, 0.15) is 38.7 Å². The van der Waals surface area contributed by atoms with Gasteiger partial charge in [-0.15, -0.1) is 0 Å². The summed E-state index contributed by atoms with van der Waals surface area (Å²) in [5.41, 5.74) is 4.11. The number of anilines is 1. The van der Waals surface area contributed by atoms with Crippen LogP contribution in [0, 0.1) is 0 Å². The highest BCUT2D eigenvalue weighted by Crippen LogP contribution is 2.33.